The van der Waals surface area contributed by atoms with Crippen molar-refractivity contribution in [2.45, 2.75) is 6.18 Å². The van der Waals surface area contributed by atoms with E-state index in [-0.39, 0.29) is 38.9 Å². The van der Waals surface area contributed by atoms with E-state index in [9.17, 15) is 18.0 Å². The fraction of sp³-hybridized carbons (Fsp3) is 0.0345. The molecule has 210 valence electrons. The van der Waals surface area contributed by atoms with Crippen molar-refractivity contribution in [2.75, 3.05) is 10.6 Å². The molecule has 5 aromatic rings. The second kappa shape index (κ2) is 11.5. The molecule has 0 aliphatic carbocycles. The van der Waals surface area contributed by atoms with Crippen LogP contribution in [0.3, 0.4) is 0 Å². The van der Waals surface area contributed by atoms with Crippen LogP contribution in [-0.2, 0) is 6.18 Å². The minimum absolute atomic E-state index is 0.0371. The SMILES string of the molecule is O=C(Nc1cnc(Oc2ccc(-c3cnc4c(c3)C=N[I-]4)cc2)nc1)Nc1cc(C(F)(F)F)ccc1-c1cccnc1. The van der Waals surface area contributed by atoms with Crippen LogP contribution in [0.1, 0.15) is 11.1 Å². The van der Waals surface area contributed by atoms with E-state index < -0.39 is 17.8 Å². The summed E-state index contributed by atoms with van der Waals surface area (Å²) in [5, 5.41) is 5.00. The molecular formula is C29H18F3IN7O2-. The van der Waals surface area contributed by atoms with E-state index in [1.807, 2.05) is 24.5 Å². The summed E-state index contributed by atoms with van der Waals surface area (Å²) in [6.07, 6.45) is 4.79. The van der Waals surface area contributed by atoms with Gasteiger partial charge in [0.25, 0.3) is 0 Å². The van der Waals surface area contributed by atoms with Crippen LogP contribution in [0, 0.1) is 3.70 Å². The van der Waals surface area contributed by atoms with Crippen LogP contribution in [0.15, 0.2) is 94.9 Å². The first-order valence-corrected chi connectivity index (χ1v) is 14.3. The molecular weight excluding hydrogens is 662 g/mol. The Bertz CT molecular complexity index is 1780. The molecule has 3 aromatic heterocycles. The van der Waals surface area contributed by atoms with Gasteiger partial charge in [-0.3, -0.25) is 4.98 Å². The first kappa shape index (κ1) is 27.3. The number of ether oxygens (including phenoxy) is 1. The Balaban J connectivity index is 1.11. The average Bonchev–Trinajstić information content (AvgIpc) is 3.47. The summed E-state index contributed by atoms with van der Waals surface area (Å²) in [7, 11) is 0. The zero-order chi connectivity index (χ0) is 29.1. The van der Waals surface area contributed by atoms with Gasteiger partial charge in [0.15, 0.2) is 0 Å². The number of nitrogens with zero attached hydrogens (tertiary/aromatic N) is 5. The number of alkyl halides is 3. The number of hydrogen-bond acceptors (Lipinski definition) is 7. The molecule has 0 fully saturated rings. The molecule has 0 saturated carbocycles. The van der Waals surface area contributed by atoms with Gasteiger partial charge in [0.1, 0.15) is 0 Å². The van der Waals surface area contributed by atoms with Crippen LogP contribution in [0.5, 0.6) is 11.8 Å². The van der Waals surface area contributed by atoms with E-state index in [4.69, 9.17) is 4.74 Å². The van der Waals surface area contributed by atoms with Gasteiger partial charge in [-0.1, -0.05) is 12.1 Å². The number of benzene rings is 2. The Hall–Kier alpha value is -4.92. The van der Waals surface area contributed by atoms with Crippen LogP contribution < -0.4 is 36.8 Å². The van der Waals surface area contributed by atoms with Crippen LogP contribution in [0.25, 0.3) is 22.3 Å². The van der Waals surface area contributed by atoms with Crippen LogP contribution in [0.2, 0.25) is 0 Å². The summed E-state index contributed by atoms with van der Waals surface area (Å²) < 4.78 is 51.2. The van der Waals surface area contributed by atoms with Crippen molar-refractivity contribution >= 4 is 23.6 Å². The number of halogens is 4. The zero-order valence-corrected chi connectivity index (χ0v) is 23.5. The monoisotopic (exact) mass is 680 g/mol. The summed E-state index contributed by atoms with van der Waals surface area (Å²) in [6, 6.07) is 15.1. The molecule has 0 atom stereocenters. The fourth-order valence-electron chi connectivity index (χ4n) is 4.04. The van der Waals surface area contributed by atoms with Crippen molar-refractivity contribution in [1.82, 2.24) is 19.9 Å². The van der Waals surface area contributed by atoms with Crippen molar-refractivity contribution in [3.8, 4) is 34.0 Å². The number of carbonyl (C=O) groups excluding carboxylic acids is 1. The molecule has 1 aliphatic rings. The molecule has 9 nitrogen and oxygen atoms in total. The predicted molar refractivity (Wildman–Crippen MR) is 145 cm³/mol. The molecule has 0 spiro atoms. The standard InChI is InChI=1S/C29H18F3IN7O2/c30-29(31,32)21-5-8-24(18-2-1-9-34-12-18)25(11-21)40-27(41)39-22-15-36-28(37-16-22)42-23-6-3-17(4-7-23)19-10-20-14-38-33-26(20)35-13-19/h1-16H,(H2,39,40,41)/q-1. The number of anilines is 2. The minimum Gasteiger partial charge on any atom is -0.307 e. The molecule has 2 aromatic carbocycles. The number of fused-ring (bicyclic) bond motifs is 1. The van der Waals surface area contributed by atoms with Gasteiger partial charge in [0.2, 0.25) is 0 Å². The van der Waals surface area contributed by atoms with Crippen LogP contribution in [0.4, 0.5) is 29.3 Å². The number of pyridine rings is 2. The normalized spacial score (nSPS) is 12.3. The number of hydrogen-bond donors (Lipinski definition) is 2. The number of aromatic nitrogens is 4. The van der Waals surface area contributed by atoms with Crippen molar-refractivity contribution in [3.05, 3.63) is 106 Å². The second-order valence-corrected chi connectivity index (χ2v) is 10.9. The number of carbonyl (C=O) groups is 1. The summed E-state index contributed by atoms with van der Waals surface area (Å²) in [5.74, 6) is 0.506. The van der Waals surface area contributed by atoms with Crippen molar-refractivity contribution in [2.24, 2.45) is 3.21 Å². The maximum absolute atomic E-state index is 13.3. The third kappa shape index (κ3) is 6.20. The first-order valence-electron chi connectivity index (χ1n) is 12.3. The predicted octanol–water partition coefficient (Wildman–Crippen LogP) is 3.66. The topological polar surface area (TPSA) is 114 Å². The van der Waals surface area contributed by atoms with E-state index in [0.29, 0.717) is 16.9 Å². The van der Waals surface area contributed by atoms with Crippen molar-refractivity contribution < 1.29 is 44.2 Å². The van der Waals surface area contributed by atoms with Gasteiger partial charge in [-0.05, 0) is 18.2 Å². The molecule has 0 bridgehead atoms. The van der Waals surface area contributed by atoms with Crippen LogP contribution >= 0.6 is 0 Å². The number of nitrogens with one attached hydrogen (secondary N) is 2. The molecule has 1 aliphatic heterocycles. The Morgan fingerprint density at radius 2 is 1.64 bits per heavy atom. The molecule has 2 N–H and O–H groups in total. The third-order valence-electron chi connectivity index (χ3n) is 6.03. The van der Waals surface area contributed by atoms with E-state index in [2.05, 4.69) is 39.8 Å². The molecule has 0 radical (unpaired) electrons. The van der Waals surface area contributed by atoms with Gasteiger partial charge in [0.05, 0.1) is 16.9 Å². The van der Waals surface area contributed by atoms with Crippen molar-refractivity contribution in [3.63, 3.8) is 0 Å². The quantitative estimate of drug-likeness (QED) is 0.209. The van der Waals surface area contributed by atoms with Gasteiger partial charge >= 0.3 is 144 Å². The van der Waals surface area contributed by atoms with E-state index in [1.54, 1.807) is 30.5 Å². The Morgan fingerprint density at radius 3 is 2.38 bits per heavy atom. The molecule has 13 heteroatoms. The van der Waals surface area contributed by atoms with Gasteiger partial charge < -0.3 is 10.6 Å². The summed E-state index contributed by atoms with van der Waals surface area (Å²) >= 11 is -0.372. The number of rotatable bonds is 6. The van der Waals surface area contributed by atoms with Gasteiger partial charge in [-0.25, -0.2) is 4.79 Å². The average molecular weight is 680 g/mol. The van der Waals surface area contributed by atoms with E-state index in [0.717, 1.165) is 32.5 Å². The summed E-state index contributed by atoms with van der Waals surface area (Å²) in [4.78, 5) is 29.4. The smallest absolute Gasteiger partial charge is 0.307 e. The summed E-state index contributed by atoms with van der Waals surface area (Å²) in [6.45, 7) is 0. The van der Waals surface area contributed by atoms with Gasteiger partial charge in [0, 0.05) is 23.5 Å². The second-order valence-electron chi connectivity index (χ2n) is 8.87. The molecule has 4 heterocycles. The van der Waals surface area contributed by atoms with Crippen LogP contribution in [-0.4, -0.2) is 32.2 Å². The Morgan fingerprint density at radius 1 is 0.833 bits per heavy atom. The van der Waals surface area contributed by atoms with Gasteiger partial charge in [-0.15, -0.1) is 0 Å². The Labute approximate surface area is 247 Å². The van der Waals surface area contributed by atoms with E-state index >= 15 is 0 Å². The molecule has 2 amide bonds. The van der Waals surface area contributed by atoms with Crippen molar-refractivity contribution in [1.29, 1.82) is 0 Å². The first-order chi connectivity index (χ1) is 20.3. The van der Waals surface area contributed by atoms with Gasteiger partial charge in [-0.2, -0.15) is 13.2 Å². The molecule has 0 unspecified atom stereocenters. The maximum atomic E-state index is 13.3. The minimum atomic E-state index is -4.58. The van der Waals surface area contributed by atoms with E-state index in [1.165, 1.54) is 24.7 Å². The zero-order valence-electron chi connectivity index (χ0n) is 21.3. The Kier molecular flexibility index (Phi) is 7.48. The summed E-state index contributed by atoms with van der Waals surface area (Å²) in [5.41, 5.74) is 3.18. The molecule has 0 saturated heterocycles. The number of urea groups is 1. The molecule has 6 rings (SSSR count). The third-order valence-corrected chi connectivity index (χ3v) is 7.95. The number of amides is 2. The fourth-order valence-corrected chi connectivity index (χ4v) is 5.58. The molecule has 42 heavy (non-hydrogen) atoms.